The van der Waals surface area contributed by atoms with Gasteiger partial charge in [-0.1, -0.05) is 89.0 Å². The average molecular weight is 549 g/mol. The van der Waals surface area contributed by atoms with Gasteiger partial charge in [0.25, 0.3) is 5.91 Å². The monoisotopic (exact) mass is 548 g/mol. The summed E-state index contributed by atoms with van der Waals surface area (Å²) in [6, 6.07) is 10.7. The molecule has 2 aromatic rings. The van der Waals surface area contributed by atoms with Crippen molar-refractivity contribution in [3.05, 3.63) is 70.8 Å². The molecule has 0 aromatic heterocycles. The molecule has 9 heteroatoms. The second-order valence-corrected chi connectivity index (χ2v) is 9.80. The van der Waals surface area contributed by atoms with E-state index in [0.717, 1.165) is 36.3 Å². The first-order chi connectivity index (χ1) is 18.6. The van der Waals surface area contributed by atoms with Gasteiger partial charge < -0.3 is 15.3 Å². The Bertz CT molecular complexity index is 1050. The number of nitrogens with one attached hydrogen (secondary N) is 1. The van der Waals surface area contributed by atoms with Crippen LogP contribution in [0.2, 0.25) is 0 Å². The van der Waals surface area contributed by atoms with Gasteiger partial charge in [-0.2, -0.15) is 13.2 Å². The Balaban J connectivity index is 1.86. The van der Waals surface area contributed by atoms with Gasteiger partial charge in [-0.25, -0.2) is 4.79 Å². The number of carbonyl (C=O) groups excluding carboxylic acids is 2. The van der Waals surface area contributed by atoms with Crippen LogP contribution in [-0.4, -0.2) is 34.3 Å². The molecule has 0 saturated heterocycles. The topological polar surface area (TPSA) is 86.7 Å². The fourth-order valence-electron chi connectivity index (χ4n) is 4.30. The molecule has 0 aliphatic rings. The number of halogens is 3. The highest BCUT2D eigenvalue weighted by atomic mass is 19.4. The van der Waals surface area contributed by atoms with Crippen LogP contribution < -0.4 is 5.32 Å². The Morgan fingerprint density at radius 3 is 1.92 bits per heavy atom. The summed E-state index contributed by atoms with van der Waals surface area (Å²) in [7, 11) is 0. The summed E-state index contributed by atoms with van der Waals surface area (Å²) in [6.45, 7) is 2.45. The third-order valence-electron chi connectivity index (χ3n) is 6.50. The molecule has 0 atom stereocenters. The maximum Gasteiger partial charge on any atom is 0.416 e. The molecule has 39 heavy (non-hydrogen) atoms. The van der Waals surface area contributed by atoms with Crippen molar-refractivity contribution in [1.82, 2.24) is 10.2 Å². The molecule has 0 heterocycles. The molecule has 6 nitrogen and oxygen atoms in total. The van der Waals surface area contributed by atoms with E-state index in [9.17, 15) is 32.7 Å². The first kappa shape index (κ1) is 31.9. The third kappa shape index (κ3) is 11.9. The van der Waals surface area contributed by atoms with Crippen LogP contribution in [0, 0.1) is 0 Å². The van der Waals surface area contributed by atoms with E-state index in [2.05, 4.69) is 12.2 Å². The zero-order valence-electron chi connectivity index (χ0n) is 22.6. The second kappa shape index (κ2) is 16.6. The normalized spacial score (nSPS) is 11.3. The number of unbranched alkanes of at least 4 members (excludes halogenated alkanes) is 9. The summed E-state index contributed by atoms with van der Waals surface area (Å²) in [6.07, 6.45) is 7.51. The second-order valence-electron chi connectivity index (χ2n) is 9.80. The highest BCUT2D eigenvalue weighted by Crippen LogP contribution is 2.29. The number of carbonyl (C=O) groups is 3. The molecule has 214 valence electrons. The lowest BCUT2D eigenvalue weighted by Gasteiger charge is -2.21. The number of amides is 2. The van der Waals surface area contributed by atoms with Crippen LogP contribution in [0.5, 0.6) is 0 Å². The Hall–Kier alpha value is -3.36. The molecule has 0 spiro atoms. The molecule has 0 fully saturated rings. The van der Waals surface area contributed by atoms with E-state index in [1.165, 1.54) is 57.1 Å². The molecule has 2 N–H and O–H groups in total. The molecule has 0 saturated carbocycles. The summed E-state index contributed by atoms with van der Waals surface area (Å²) >= 11 is 0. The molecule has 0 radical (unpaired) electrons. The Morgan fingerprint density at radius 1 is 0.795 bits per heavy atom. The summed E-state index contributed by atoms with van der Waals surface area (Å²) in [4.78, 5) is 37.3. The number of carboxylic acid groups (broad SMARTS) is 1. The fourth-order valence-corrected chi connectivity index (χ4v) is 4.30. The predicted molar refractivity (Wildman–Crippen MR) is 144 cm³/mol. The van der Waals surface area contributed by atoms with Crippen molar-refractivity contribution in [1.29, 1.82) is 0 Å². The standard InChI is InChI=1S/C30H39F3N2O4/c1-2-3-4-5-6-7-8-9-10-11-19-34-27(36)25-14-12-13-24(20-25)22-35(28(37)29(38)39)21-23-15-17-26(18-16-23)30(31,32)33/h12-18,20H,2-11,19,21-22H2,1H3,(H,34,36)(H,38,39). The molecule has 0 bridgehead atoms. The van der Waals surface area contributed by atoms with E-state index < -0.39 is 23.6 Å². The third-order valence-corrected chi connectivity index (χ3v) is 6.50. The van der Waals surface area contributed by atoms with Crippen molar-refractivity contribution in [3.63, 3.8) is 0 Å². The van der Waals surface area contributed by atoms with E-state index in [4.69, 9.17) is 0 Å². The maximum absolute atomic E-state index is 12.8. The van der Waals surface area contributed by atoms with Crippen LogP contribution in [0.1, 0.15) is 98.2 Å². The first-order valence-corrected chi connectivity index (χ1v) is 13.7. The van der Waals surface area contributed by atoms with Gasteiger partial charge in [0.1, 0.15) is 0 Å². The number of benzene rings is 2. The van der Waals surface area contributed by atoms with Gasteiger partial charge in [0.2, 0.25) is 0 Å². The number of hydrogen-bond acceptors (Lipinski definition) is 3. The largest absolute Gasteiger partial charge is 0.474 e. The van der Waals surface area contributed by atoms with E-state index in [0.29, 0.717) is 23.2 Å². The highest BCUT2D eigenvalue weighted by molar-refractivity contribution is 6.31. The average Bonchev–Trinajstić information content (AvgIpc) is 2.90. The van der Waals surface area contributed by atoms with Crippen molar-refractivity contribution in [2.75, 3.05) is 6.54 Å². The summed E-state index contributed by atoms with van der Waals surface area (Å²) in [5.74, 6) is -3.12. The van der Waals surface area contributed by atoms with Crippen LogP contribution in [0.4, 0.5) is 13.2 Å². The van der Waals surface area contributed by atoms with Gasteiger partial charge >= 0.3 is 18.1 Å². The van der Waals surface area contributed by atoms with Crippen LogP contribution in [-0.2, 0) is 28.9 Å². The van der Waals surface area contributed by atoms with E-state index in [1.54, 1.807) is 24.3 Å². The van der Waals surface area contributed by atoms with Gasteiger partial charge in [0.05, 0.1) is 5.56 Å². The zero-order valence-corrected chi connectivity index (χ0v) is 22.6. The predicted octanol–water partition coefficient (Wildman–Crippen LogP) is 6.97. The van der Waals surface area contributed by atoms with Gasteiger partial charge in [0.15, 0.2) is 0 Å². The molecule has 2 amide bonds. The summed E-state index contributed by atoms with van der Waals surface area (Å²) < 4.78 is 38.5. The van der Waals surface area contributed by atoms with E-state index in [1.807, 2.05) is 0 Å². The van der Waals surface area contributed by atoms with E-state index >= 15 is 0 Å². The quantitative estimate of drug-likeness (QED) is 0.175. The maximum atomic E-state index is 12.8. The molecule has 0 aliphatic heterocycles. The van der Waals surface area contributed by atoms with Gasteiger partial charge in [-0.05, 0) is 41.8 Å². The number of hydrogen-bond donors (Lipinski definition) is 2. The van der Waals surface area contributed by atoms with Crippen LogP contribution in [0.15, 0.2) is 48.5 Å². The number of rotatable bonds is 16. The number of aliphatic carboxylic acids is 1. The SMILES string of the molecule is CCCCCCCCCCCCNC(=O)c1cccc(CN(Cc2ccc(C(F)(F)F)cc2)C(=O)C(=O)O)c1. The lowest BCUT2D eigenvalue weighted by atomic mass is 10.1. The molecule has 2 aromatic carbocycles. The minimum absolute atomic E-state index is 0.119. The van der Waals surface area contributed by atoms with Crippen LogP contribution in [0.3, 0.4) is 0 Å². The Morgan fingerprint density at radius 2 is 1.36 bits per heavy atom. The number of nitrogens with zero attached hydrogens (tertiary/aromatic N) is 1. The lowest BCUT2D eigenvalue weighted by Crippen LogP contribution is -2.35. The molecule has 2 rings (SSSR count). The minimum atomic E-state index is -4.50. The van der Waals surface area contributed by atoms with E-state index in [-0.39, 0.29) is 19.0 Å². The number of alkyl halides is 3. The smallest absolute Gasteiger partial charge is 0.416 e. The van der Waals surface area contributed by atoms with Crippen molar-refractivity contribution < 1.29 is 32.7 Å². The summed E-state index contributed by atoms with van der Waals surface area (Å²) in [5.41, 5.74) is 0.432. The lowest BCUT2D eigenvalue weighted by molar-refractivity contribution is -0.156. The molecule has 0 unspecified atom stereocenters. The van der Waals surface area contributed by atoms with Crippen molar-refractivity contribution in [2.45, 2.75) is 90.4 Å². The van der Waals surface area contributed by atoms with Crippen LogP contribution >= 0.6 is 0 Å². The first-order valence-electron chi connectivity index (χ1n) is 13.7. The van der Waals surface area contributed by atoms with Crippen molar-refractivity contribution in [3.8, 4) is 0 Å². The van der Waals surface area contributed by atoms with Gasteiger partial charge in [0, 0.05) is 25.2 Å². The molecular formula is C30H39F3N2O4. The minimum Gasteiger partial charge on any atom is -0.474 e. The Labute approximate surface area is 228 Å². The molecule has 0 aliphatic carbocycles. The highest BCUT2D eigenvalue weighted by Gasteiger charge is 2.30. The fraction of sp³-hybridized carbons (Fsp3) is 0.500. The number of carboxylic acids is 1. The van der Waals surface area contributed by atoms with Crippen molar-refractivity contribution in [2.24, 2.45) is 0 Å². The zero-order chi connectivity index (χ0) is 28.7. The van der Waals surface area contributed by atoms with Gasteiger partial charge in [-0.15, -0.1) is 0 Å². The van der Waals surface area contributed by atoms with Crippen molar-refractivity contribution >= 4 is 17.8 Å². The Kier molecular flexibility index (Phi) is 13.5. The molecular weight excluding hydrogens is 509 g/mol. The van der Waals surface area contributed by atoms with Gasteiger partial charge in [-0.3, -0.25) is 9.59 Å². The summed E-state index contributed by atoms with van der Waals surface area (Å²) in [5, 5.41) is 12.1. The van der Waals surface area contributed by atoms with Crippen LogP contribution in [0.25, 0.3) is 0 Å².